The van der Waals surface area contributed by atoms with E-state index in [0.29, 0.717) is 6.54 Å². The molecule has 1 aromatic heterocycles. The van der Waals surface area contributed by atoms with Gasteiger partial charge in [-0.3, -0.25) is 4.79 Å². The SMILES string of the molecule is O=C(O)c1cnc(C(=O)N2CCCCC2c2ccccc2)cn1. The Kier molecular flexibility index (Phi) is 4.32. The van der Waals surface area contributed by atoms with Crippen LogP contribution in [-0.2, 0) is 0 Å². The second-order valence-electron chi connectivity index (χ2n) is 5.51. The van der Waals surface area contributed by atoms with Crippen molar-refractivity contribution >= 4 is 11.9 Å². The number of carboxylic acid groups (broad SMARTS) is 1. The van der Waals surface area contributed by atoms with E-state index in [1.807, 2.05) is 35.2 Å². The predicted molar refractivity (Wildman–Crippen MR) is 83.1 cm³/mol. The van der Waals surface area contributed by atoms with Crippen molar-refractivity contribution in [2.24, 2.45) is 0 Å². The van der Waals surface area contributed by atoms with Crippen LogP contribution in [0.1, 0.15) is 51.8 Å². The fraction of sp³-hybridized carbons (Fsp3) is 0.294. The van der Waals surface area contributed by atoms with E-state index in [-0.39, 0.29) is 23.3 Å². The average Bonchev–Trinajstić information content (AvgIpc) is 2.62. The van der Waals surface area contributed by atoms with E-state index >= 15 is 0 Å². The lowest BCUT2D eigenvalue weighted by atomic mass is 9.95. The van der Waals surface area contributed by atoms with Gasteiger partial charge < -0.3 is 10.0 Å². The molecular weight excluding hydrogens is 294 g/mol. The molecule has 1 unspecified atom stereocenters. The predicted octanol–water partition coefficient (Wildman–Crippen LogP) is 2.54. The molecule has 118 valence electrons. The first-order valence-corrected chi connectivity index (χ1v) is 7.58. The number of piperidine rings is 1. The Bertz CT molecular complexity index is 701. The van der Waals surface area contributed by atoms with Crippen molar-refractivity contribution in [3.63, 3.8) is 0 Å². The number of likely N-dealkylation sites (tertiary alicyclic amines) is 1. The standard InChI is InChI=1S/C17H17N3O3/c21-16(13-10-19-14(11-18-13)17(22)23)20-9-5-4-8-15(20)12-6-2-1-3-7-12/h1-3,6-7,10-11,15H,4-5,8-9H2,(H,22,23). The van der Waals surface area contributed by atoms with Gasteiger partial charge in [-0.1, -0.05) is 30.3 Å². The smallest absolute Gasteiger partial charge is 0.356 e. The molecule has 1 N–H and O–H groups in total. The third-order valence-corrected chi connectivity index (χ3v) is 4.04. The highest BCUT2D eigenvalue weighted by atomic mass is 16.4. The molecule has 6 nitrogen and oxygen atoms in total. The maximum atomic E-state index is 12.7. The molecule has 0 bridgehead atoms. The van der Waals surface area contributed by atoms with Gasteiger partial charge in [-0.2, -0.15) is 0 Å². The summed E-state index contributed by atoms with van der Waals surface area (Å²) in [6, 6.07) is 9.96. The van der Waals surface area contributed by atoms with Crippen molar-refractivity contribution in [3.8, 4) is 0 Å². The van der Waals surface area contributed by atoms with Crippen LogP contribution in [0.5, 0.6) is 0 Å². The molecule has 1 saturated heterocycles. The molecule has 1 aliphatic rings. The molecule has 3 rings (SSSR count). The number of rotatable bonds is 3. The number of hydrogen-bond acceptors (Lipinski definition) is 4. The molecule has 23 heavy (non-hydrogen) atoms. The Morgan fingerprint density at radius 3 is 2.39 bits per heavy atom. The molecule has 1 fully saturated rings. The molecule has 0 radical (unpaired) electrons. The lowest BCUT2D eigenvalue weighted by Crippen LogP contribution is -2.39. The van der Waals surface area contributed by atoms with Crippen molar-refractivity contribution in [1.29, 1.82) is 0 Å². The Hall–Kier alpha value is -2.76. The highest BCUT2D eigenvalue weighted by molar-refractivity contribution is 5.93. The zero-order chi connectivity index (χ0) is 16.2. The van der Waals surface area contributed by atoms with Crippen molar-refractivity contribution in [2.75, 3.05) is 6.54 Å². The fourth-order valence-electron chi connectivity index (χ4n) is 2.89. The summed E-state index contributed by atoms with van der Waals surface area (Å²) in [6.45, 7) is 0.667. The van der Waals surface area contributed by atoms with E-state index in [1.54, 1.807) is 0 Å². The van der Waals surface area contributed by atoms with E-state index in [0.717, 1.165) is 31.0 Å². The van der Waals surface area contributed by atoms with Crippen molar-refractivity contribution < 1.29 is 14.7 Å². The van der Waals surface area contributed by atoms with Gasteiger partial charge in [0.1, 0.15) is 5.69 Å². The first-order chi connectivity index (χ1) is 11.2. The average molecular weight is 311 g/mol. The summed E-state index contributed by atoms with van der Waals surface area (Å²) < 4.78 is 0. The quantitative estimate of drug-likeness (QED) is 0.941. The monoisotopic (exact) mass is 311 g/mol. The van der Waals surface area contributed by atoms with Gasteiger partial charge in [0.2, 0.25) is 0 Å². The van der Waals surface area contributed by atoms with Crippen LogP contribution in [0.3, 0.4) is 0 Å². The van der Waals surface area contributed by atoms with Gasteiger partial charge in [-0.25, -0.2) is 14.8 Å². The molecule has 6 heteroatoms. The first kappa shape index (κ1) is 15.1. The maximum Gasteiger partial charge on any atom is 0.356 e. The summed E-state index contributed by atoms with van der Waals surface area (Å²) >= 11 is 0. The fourth-order valence-corrected chi connectivity index (χ4v) is 2.89. The summed E-state index contributed by atoms with van der Waals surface area (Å²) in [6.07, 6.45) is 5.30. The molecule has 1 aliphatic heterocycles. The summed E-state index contributed by atoms with van der Waals surface area (Å²) in [4.78, 5) is 33.1. The van der Waals surface area contributed by atoms with Crippen molar-refractivity contribution in [1.82, 2.24) is 14.9 Å². The van der Waals surface area contributed by atoms with Crippen molar-refractivity contribution in [2.45, 2.75) is 25.3 Å². The van der Waals surface area contributed by atoms with Crippen LogP contribution in [0, 0.1) is 0 Å². The third-order valence-electron chi connectivity index (χ3n) is 4.04. The number of aromatic carboxylic acids is 1. The molecule has 1 amide bonds. The lowest BCUT2D eigenvalue weighted by Gasteiger charge is -2.35. The largest absolute Gasteiger partial charge is 0.476 e. The van der Waals surface area contributed by atoms with E-state index in [9.17, 15) is 9.59 Å². The summed E-state index contributed by atoms with van der Waals surface area (Å²) in [5.74, 6) is -1.36. The zero-order valence-corrected chi connectivity index (χ0v) is 12.6. The van der Waals surface area contributed by atoms with Gasteiger partial charge in [0.15, 0.2) is 5.69 Å². The third kappa shape index (κ3) is 3.21. The van der Waals surface area contributed by atoms with E-state index in [2.05, 4.69) is 9.97 Å². The number of hydrogen-bond donors (Lipinski definition) is 1. The van der Waals surface area contributed by atoms with Gasteiger partial charge in [-0.15, -0.1) is 0 Å². The molecule has 1 aromatic carbocycles. The topological polar surface area (TPSA) is 83.4 Å². The van der Waals surface area contributed by atoms with Crippen LogP contribution in [0.15, 0.2) is 42.7 Å². The molecule has 0 saturated carbocycles. The highest BCUT2D eigenvalue weighted by Crippen LogP contribution is 2.31. The number of carbonyl (C=O) groups excluding carboxylic acids is 1. The normalized spacial score (nSPS) is 17.7. The second-order valence-corrected chi connectivity index (χ2v) is 5.51. The van der Waals surface area contributed by atoms with Gasteiger partial charge in [0, 0.05) is 6.54 Å². The van der Waals surface area contributed by atoms with Crippen LogP contribution in [0.25, 0.3) is 0 Å². The summed E-state index contributed by atoms with van der Waals surface area (Å²) in [5, 5.41) is 8.86. The molecule has 0 aliphatic carbocycles. The van der Waals surface area contributed by atoms with Gasteiger partial charge >= 0.3 is 5.97 Å². The second kappa shape index (κ2) is 6.56. The lowest BCUT2D eigenvalue weighted by molar-refractivity contribution is 0.0601. The zero-order valence-electron chi connectivity index (χ0n) is 12.6. The van der Waals surface area contributed by atoms with E-state index < -0.39 is 5.97 Å². The number of nitrogens with zero attached hydrogens (tertiary/aromatic N) is 3. The van der Waals surface area contributed by atoms with Crippen LogP contribution in [0.4, 0.5) is 0 Å². The van der Waals surface area contributed by atoms with Crippen LogP contribution in [-0.4, -0.2) is 38.4 Å². The van der Waals surface area contributed by atoms with Gasteiger partial charge in [0.05, 0.1) is 18.4 Å². The number of benzene rings is 1. The molecule has 2 heterocycles. The van der Waals surface area contributed by atoms with Crippen molar-refractivity contribution in [3.05, 3.63) is 59.7 Å². The van der Waals surface area contributed by atoms with E-state index in [1.165, 1.54) is 6.20 Å². The molecule has 2 aromatic rings. The maximum absolute atomic E-state index is 12.7. The Morgan fingerprint density at radius 2 is 1.74 bits per heavy atom. The van der Waals surface area contributed by atoms with Crippen LogP contribution in [0.2, 0.25) is 0 Å². The molecule has 0 spiro atoms. The van der Waals surface area contributed by atoms with Gasteiger partial charge in [0.25, 0.3) is 5.91 Å². The summed E-state index contributed by atoms with van der Waals surface area (Å²) in [7, 11) is 0. The highest BCUT2D eigenvalue weighted by Gasteiger charge is 2.29. The Balaban J connectivity index is 1.85. The minimum Gasteiger partial charge on any atom is -0.476 e. The van der Waals surface area contributed by atoms with Crippen LogP contribution >= 0.6 is 0 Å². The number of aromatic nitrogens is 2. The van der Waals surface area contributed by atoms with Gasteiger partial charge in [-0.05, 0) is 24.8 Å². The Morgan fingerprint density at radius 1 is 1.04 bits per heavy atom. The van der Waals surface area contributed by atoms with Crippen LogP contribution < -0.4 is 0 Å². The van der Waals surface area contributed by atoms with E-state index in [4.69, 9.17) is 5.11 Å². The first-order valence-electron chi connectivity index (χ1n) is 7.58. The molecular formula is C17H17N3O3. The molecule has 1 atom stereocenters. The minimum absolute atomic E-state index is 0.0263. The number of carboxylic acids is 1. The number of amides is 1. The minimum atomic E-state index is -1.16. The Labute approximate surface area is 133 Å². The number of carbonyl (C=O) groups is 2. The summed E-state index contributed by atoms with van der Waals surface area (Å²) in [5.41, 5.74) is 1.12.